The summed E-state index contributed by atoms with van der Waals surface area (Å²) < 4.78 is 8.96. The number of nitrogens with zero attached hydrogens (tertiary/aromatic N) is 2. The Morgan fingerprint density at radius 2 is 1.87 bits per heavy atom. The molecule has 31 heavy (non-hydrogen) atoms. The van der Waals surface area contributed by atoms with Gasteiger partial charge in [-0.1, -0.05) is 45.7 Å². The van der Waals surface area contributed by atoms with Crippen LogP contribution in [0.4, 0.5) is 0 Å². The maximum Gasteiger partial charge on any atom is 0.354 e. The van der Waals surface area contributed by atoms with E-state index in [1.165, 1.54) is 6.07 Å². The molecular weight excluding hydrogens is 480 g/mol. The van der Waals surface area contributed by atoms with Gasteiger partial charge in [0.2, 0.25) is 0 Å². The number of pyridine rings is 1. The van der Waals surface area contributed by atoms with Gasteiger partial charge in [-0.2, -0.15) is 0 Å². The van der Waals surface area contributed by atoms with Gasteiger partial charge in [-0.15, -0.1) is 0 Å². The van der Waals surface area contributed by atoms with E-state index in [2.05, 4.69) is 20.9 Å². The van der Waals surface area contributed by atoms with Crippen LogP contribution in [0, 0.1) is 6.92 Å². The smallest absolute Gasteiger partial charge is 0.354 e. The van der Waals surface area contributed by atoms with E-state index in [-0.39, 0.29) is 5.69 Å². The Balaban J connectivity index is 1.75. The minimum atomic E-state index is -1.07. The molecule has 4 aromatic rings. The molecule has 4 rings (SSSR count). The summed E-state index contributed by atoms with van der Waals surface area (Å²) in [6, 6.07) is 22.2. The summed E-state index contributed by atoms with van der Waals surface area (Å²) in [5.41, 5.74) is 3.62. The van der Waals surface area contributed by atoms with E-state index in [0.29, 0.717) is 23.2 Å². The molecule has 0 unspecified atom stereocenters. The maximum atomic E-state index is 11.4. The lowest BCUT2D eigenvalue weighted by Crippen LogP contribution is -2.07. The van der Waals surface area contributed by atoms with Gasteiger partial charge in [0.1, 0.15) is 18.2 Å². The molecule has 0 aliphatic heterocycles. The van der Waals surface area contributed by atoms with Crippen molar-refractivity contribution < 1.29 is 14.6 Å². The number of rotatable bonds is 6. The van der Waals surface area contributed by atoms with Crippen LogP contribution < -0.4 is 4.74 Å². The second-order valence-corrected chi connectivity index (χ2v) is 8.29. The third kappa shape index (κ3) is 4.65. The SMILES string of the molecule is Cc1ccc(-c2cc(Br)ccc2OCc2ccc(Cl)cc2)n1-c1cccc(C(=O)O)n1. The van der Waals surface area contributed by atoms with E-state index in [4.69, 9.17) is 16.3 Å². The average Bonchev–Trinajstić information content (AvgIpc) is 3.15. The van der Waals surface area contributed by atoms with Crippen LogP contribution in [0.3, 0.4) is 0 Å². The highest BCUT2D eigenvalue weighted by Gasteiger charge is 2.17. The Kier molecular flexibility index (Phi) is 6.11. The Bertz CT molecular complexity index is 1250. The van der Waals surface area contributed by atoms with Crippen molar-refractivity contribution >= 4 is 33.5 Å². The van der Waals surface area contributed by atoms with Crippen molar-refractivity contribution in [1.82, 2.24) is 9.55 Å². The Hall–Kier alpha value is -3.09. The van der Waals surface area contributed by atoms with E-state index in [1.54, 1.807) is 12.1 Å². The highest BCUT2D eigenvalue weighted by atomic mass is 79.9. The van der Waals surface area contributed by atoms with Crippen molar-refractivity contribution in [1.29, 1.82) is 0 Å². The number of hydrogen-bond donors (Lipinski definition) is 1. The van der Waals surface area contributed by atoms with E-state index >= 15 is 0 Å². The summed E-state index contributed by atoms with van der Waals surface area (Å²) in [5.74, 6) is 0.163. The van der Waals surface area contributed by atoms with Gasteiger partial charge >= 0.3 is 5.97 Å². The average molecular weight is 498 g/mol. The lowest BCUT2D eigenvalue weighted by molar-refractivity contribution is 0.0690. The zero-order valence-electron chi connectivity index (χ0n) is 16.5. The number of carboxylic acid groups (broad SMARTS) is 1. The number of hydrogen-bond acceptors (Lipinski definition) is 3. The molecule has 156 valence electrons. The first-order valence-corrected chi connectivity index (χ1v) is 10.7. The first-order chi connectivity index (χ1) is 14.9. The van der Waals surface area contributed by atoms with Crippen LogP contribution in [0.25, 0.3) is 17.1 Å². The van der Waals surface area contributed by atoms with Crippen LogP contribution >= 0.6 is 27.5 Å². The number of carbonyl (C=O) groups is 1. The van der Waals surface area contributed by atoms with Crippen molar-refractivity contribution in [3.8, 4) is 22.8 Å². The van der Waals surface area contributed by atoms with E-state index < -0.39 is 5.97 Å². The summed E-state index contributed by atoms with van der Waals surface area (Å²) in [5, 5.41) is 10.0. The molecular formula is C24H18BrClN2O3. The number of carboxylic acids is 1. The molecule has 0 spiro atoms. The van der Waals surface area contributed by atoms with Crippen molar-refractivity contribution in [2.45, 2.75) is 13.5 Å². The molecule has 7 heteroatoms. The molecule has 0 aliphatic rings. The van der Waals surface area contributed by atoms with Gasteiger partial charge in [0.15, 0.2) is 5.69 Å². The predicted octanol–water partition coefficient (Wildman–Crippen LogP) is 6.54. The minimum Gasteiger partial charge on any atom is -0.488 e. The fourth-order valence-electron chi connectivity index (χ4n) is 3.29. The summed E-state index contributed by atoms with van der Waals surface area (Å²) in [4.78, 5) is 15.7. The number of aromatic nitrogens is 2. The number of ether oxygens (including phenoxy) is 1. The van der Waals surface area contributed by atoms with Crippen LogP contribution in [0.1, 0.15) is 21.7 Å². The second kappa shape index (κ2) is 8.96. The summed E-state index contributed by atoms with van der Waals surface area (Å²) in [6.45, 7) is 2.34. The van der Waals surface area contributed by atoms with Crippen LogP contribution in [0.5, 0.6) is 5.75 Å². The van der Waals surface area contributed by atoms with Crippen LogP contribution in [-0.4, -0.2) is 20.6 Å². The van der Waals surface area contributed by atoms with Gasteiger partial charge in [-0.3, -0.25) is 4.57 Å². The highest BCUT2D eigenvalue weighted by molar-refractivity contribution is 9.10. The lowest BCUT2D eigenvalue weighted by atomic mass is 10.1. The minimum absolute atomic E-state index is 0.00926. The topological polar surface area (TPSA) is 64.3 Å². The number of halogens is 2. The molecule has 0 fully saturated rings. The van der Waals surface area contributed by atoms with Crippen LogP contribution in [0.2, 0.25) is 5.02 Å². The summed E-state index contributed by atoms with van der Waals surface area (Å²) in [7, 11) is 0. The van der Waals surface area contributed by atoms with Crippen molar-refractivity contribution in [3.63, 3.8) is 0 Å². The third-order valence-electron chi connectivity index (χ3n) is 4.78. The zero-order valence-corrected chi connectivity index (χ0v) is 18.9. The molecule has 0 aliphatic carbocycles. The number of benzene rings is 2. The molecule has 0 radical (unpaired) electrons. The Morgan fingerprint density at radius 3 is 2.61 bits per heavy atom. The molecule has 0 bridgehead atoms. The predicted molar refractivity (Wildman–Crippen MR) is 124 cm³/mol. The first kappa shape index (κ1) is 21.2. The van der Waals surface area contributed by atoms with Gasteiger partial charge in [0.25, 0.3) is 0 Å². The molecule has 0 amide bonds. The first-order valence-electron chi connectivity index (χ1n) is 9.48. The monoisotopic (exact) mass is 496 g/mol. The molecule has 1 N–H and O–H groups in total. The standard InChI is InChI=1S/C24H18BrClN2O3/c1-15-5-11-21(28(15)23-4-2-3-20(27-23)24(29)30)19-13-17(25)8-12-22(19)31-14-16-6-9-18(26)10-7-16/h2-13H,14H2,1H3,(H,29,30). The molecule has 0 atom stereocenters. The number of aryl methyl sites for hydroxylation is 1. The lowest BCUT2D eigenvalue weighted by Gasteiger charge is -2.16. The molecule has 5 nitrogen and oxygen atoms in total. The molecule has 2 heterocycles. The van der Waals surface area contributed by atoms with Gasteiger partial charge in [0.05, 0.1) is 5.69 Å². The Labute approximate surface area is 193 Å². The van der Waals surface area contributed by atoms with Crippen molar-refractivity contribution in [3.05, 3.63) is 99.2 Å². The van der Waals surface area contributed by atoms with Gasteiger partial charge in [-0.05, 0) is 67.1 Å². The highest BCUT2D eigenvalue weighted by Crippen LogP contribution is 2.36. The zero-order chi connectivity index (χ0) is 22.0. The normalized spacial score (nSPS) is 10.8. The van der Waals surface area contributed by atoms with E-state index in [9.17, 15) is 9.90 Å². The summed E-state index contributed by atoms with van der Waals surface area (Å²) in [6.07, 6.45) is 0. The van der Waals surface area contributed by atoms with Crippen molar-refractivity contribution in [2.24, 2.45) is 0 Å². The third-order valence-corrected chi connectivity index (χ3v) is 5.53. The summed E-state index contributed by atoms with van der Waals surface area (Å²) >= 11 is 9.51. The maximum absolute atomic E-state index is 11.4. The van der Waals surface area contributed by atoms with Gasteiger partial charge < -0.3 is 9.84 Å². The molecule has 0 saturated carbocycles. The largest absolute Gasteiger partial charge is 0.488 e. The van der Waals surface area contributed by atoms with Gasteiger partial charge in [-0.25, -0.2) is 9.78 Å². The van der Waals surface area contributed by atoms with E-state index in [0.717, 1.165) is 27.0 Å². The van der Waals surface area contributed by atoms with Crippen LogP contribution in [0.15, 0.2) is 77.3 Å². The molecule has 0 saturated heterocycles. The Morgan fingerprint density at radius 1 is 1.10 bits per heavy atom. The van der Waals surface area contributed by atoms with Gasteiger partial charge in [0, 0.05) is 20.8 Å². The molecule has 2 aromatic heterocycles. The van der Waals surface area contributed by atoms with E-state index in [1.807, 2.05) is 66.1 Å². The fraction of sp³-hybridized carbons (Fsp3) is 0.0833. The second-order valence-electron chi connectivity index (χ2n) is 6.94. The fourth-order valence-corrected chi connectivity index (χ4v) is 3.78. The van der Waals surface area contributed by atoms with Crippen molar-refractivity contribution in [2.75, 3.05) is 0 Å². The van der Waals surface area contributed by atoms with Crippen LogP contribution in [-0.2, 0) is 6.61 Å². The quantitative estimate of drug-likeness (QED) is 0.328. The number of aromatic carboxylic acids is 1. The molecule has 2 aromatic carbocycles.